The number of hydrogen-bond acceptors (Lipinski definition) is 1. The largest absolute Gasteiger partial charge is 0.296 e. The van der Waals surface area contributed by atoms with Crippen molar-refractivity contribution in [1.82, 2.24) is 0 Å². The molecule has 0 radical (unpaired) electrons. The maximum absolute atomic E-state index is 11.1. The normalized spacial score (nSPS) is 46.0. The van der Waals surface area contributed by atoms with Gasteiger partial charge in [-0.15, -0.1) is 34.8 Å². The molecule has 0 spiro atoms. The fraction of sp³-hybridized carbons (Fsp3) is 0.857. The molecule has 1 fully saturated rings. The van der Waals surface area contributed by atoms with Crippen LogP contribution in [0.4, 0.5) is 0 Å². The van der Waals surface area contributed by atoms with Crippen LogP contribution in [0.3, 0.4) is 0 Å². The van der Waals surface area contributed by atoms with Crippen molar-refractivity contribution in [2.24, 2.45) is 5.92 Å². The first-order valence-corrected chi connectivity index (χ1v) is 4.81. The number of halogens is 3. The second-order valence-corrected chi connectivity index (χ2v) is 4.43. The first kappa shape index (κ1) is 9.63. The Morgan fingerprint density at radius 1 is 1.36 bits per heavy atom. The van der Waals surface area contributed by atoms with Crippen molar-refractivity contribution in [3.63, 3.8) is 0 Å². The van der Waals surface area contributed by atoms with Gasteiger partial charge >= 0.3 is 0 Å². The fourth-order valence-electron chi connectivity index (χ4n) is 1.19. The molecule has 0 aromatic carbocycles. The average molecular weight is 216 g/mol. The number of ketones is 1. The Morgan fingerprint density at radius 2 is 1.91 bits per heavy atom. The zero-order chi connectivity index (χ0) is 8.59. The summed E-state index contributed by atoms with van der Waals surface area (Å²) in [6, 6.07) is 0. The molecule has 0 unspecified atom stereocenters. The van der Waals surface area contributed by atoms with E-state index in [4.69, 9.17) is 34.8 Å². The highest BCUT2D eigenvalue weighted by atomic mass is 35.5. The number of alkyl halides is 3. The maximum atomic E-state index is 11.1. The molecular weight excluding hydrogens is 206 g/mol. The van der Waals surface area contributed by atoms with Crippen molar-refractivity contribution in [2.45, 2.75) is 29.5 Å². The van der Waals surface area contributed by atoms with Gasteiger partial charge in [-0.05, 0) is 12.3 Å². The summed E-state index contributed by atoms with van der Waals surface area (Å²) in [5, 5.41) is -1.32. The highest BCUT2D eigenvalue weighted by Crippen LogP contribution is 2.32. The predicted octanol–water partition coefficient (Wildman–Crippen LogP) is 2.42. The molecule has 64 valence electrons. The Hall–Kier alpha value is 0.540. The zero-order valence-electron chi connectivity index (χ0n) is 6.06. The molecule has 1 saturated carbocycles. The number of carbonyl (C=O) groups excluding carboxylic acids is 1. The van der Waals surface area contributed by atoms with E-state index in [1.165, 1.54) is 0 Å². The molecule has 11 heavy (non-hydrogen) atoms. The molecule has 0 heterocycles. The van der Waals surface area contributed by atoms with Gasteiger partial charge in [-0.3, -0.25) is 4.79 Å². The summed E-state index contributed by atoms with van der Waals surface area (Å²) in [4.78, 5) is 11.1. The van der Waals surface area contributed by atoms with Crippen LogP contribution in [0, 0.1) is 5.92 Å². The van der Waals surface area contributed by atoms with E-state index in [0.29, 0.717) is 6.42 Å². The first-order chi connectivity index (χ1) is 5.04. The third kappa shape index (κ3) is 1.82. The van der Waals surface area contributed by atoms with Crippen LogP contribution < -0.4 is 0 Å². The molecule has 1 aliphatic carbocycles. The summed E-state index contributed by atoms with van der Waals surface area (Å²) < 4.78 is 0. The Kier molecular flexibility index (Phi) is 3.07. The minimum atomic E-state index is -0.608. The van der Waals surface area contributed by atoms with Crippen molar-refractivity contribution >= 4 is 40.6 Å². The molecule has 1 nitrogen and oxygen atoms in total. The maximum Gasteiger partial charge on any atom is 0.169 e. The predicted molar refractivity (Wildman–Crippen MR) is 47.7 cm³/mol. The molecule has 0 aliphatic heterocycles. The monoisotopic (exact) mass is 214 g/mol. The molecule has 1 aliphatic rings. The Labute approximate surface area is 81.0 Å². The van der Waals surface area contributed by atoms with Gasteiger partial charge in [0.1, 0.15) is 5.38 Å². The van der Waals surface area contributed by atoms with Gasteiger partial charge in [-0.1, -0.05) is 6.92 Å². The van der Waals surface area contributed by atoms with Crippen molar-refractivity contribution in [1.29, 1.82) is 0 Å². The van der Waals surface area contributed by atoms with Crippen LogP contribution in [0.1, 0.15) is 13.3 Å². The van der Waals surface area contributed by atoms with Crippen molar-refractivity contribution in [3.8, 4) is 0 Å². The lowest BCUT2D eigenvalue weighted by Crippen LogP contribution is -2.42. The second kappa shape index (κ2) is 3.51. The summed E-state index contributed by atoms with van der Waals surface area (Å²) in [6.07, 6.45) is 0.637. The summed E-state index contributed by atoms with van der Waals surface area (Å²) >= 11 is 17.3. The summed E-state index contributed by atoms with van der Waals surface area (Å²) in [5.74, 6) is 0.0887. The van der Waals surface area contributed by atoms with Gasteiger partial charge in [0.2, 0.25) is 0 Å². The van der Waals surface area contributed by atoms with Crippen molar-refractivity contribution in [2.75, 3.05) is 0 Å². The number of carbonyl (C=O) groups is 1. The summed E-state index contributed by atoms with van der Waals surface area (Å²) in [5.41, 5.74) is 0. The molecule has 0 bridgehead atoms. The minimum absolute atomic E-state index is 0.133. The third-order valence-electron chi connectivity index (χ3n) is 1.98. The fourth-order valence-corrected chi connectivity index (χ4v) is 2.30. The lowest BCUT2D eigenvalue weighted by atomic mass is 9.88. The van der Waals surface area contributed by atoms with E-state index in [-0.39, 0.29) is 17.1 Å². The average Bonchev–Trinajstić information content (AvgIpc) is 1.97. The van der Waals surface area contributed by atoms with Crippen LogP contribution in [0.25, 0.3) is 0 Å². The van der Waals surface area contributed by atoms with Gasteiger partial charge in [0.15, 0.2) is 5.78 Å². The Bertz CT molecular complexity index is 171. The molecule has 0 aromatic heterocycles. The molecule has 1 rings (SSSR count). The van der Waals surface area contributed by atoms with Gasteiger partial charge < -0.3 is 0 Å². The quantitative estimate of drug-likeness (QED) is 0.567. The molecule has 0 N–H and O–H groups in total. The number of hydrogen-bond donors (Lipinski definition) is 0. The SMILES string of the molecule is C[C@@H]1C[C@H](Cl)C(=O)[C@@H](Cl)[C@H]1Cl. The lowest BCUT2D eigenvalue weighted by molar-refractivity contribution is -0.120. The first-order valence-electron chi connectivity index (χ1n) is 3.50. The number of Topliss-reactive ketones (excluding diaryl/α,β-unsaturated/α-hetero) is 1. The van der Waals surface area contributed by atoms with E-state index in [0.717, 1.165) is 0 Å². The van der Waals surface area contributed by atoms with Crippen molar-refractivity contribution < 1.29 is 4.79 Å². The van der Waals surface area contributed by atoms with E-state index in [2.05, 4.69) is 0 Å². The molecule has 4 atom stereocenters. The van der Waals surface area contributed by atoms with E-state index in [9.17, 15) is 4.79 Å². The molecule has 0 aromatic rings. The Balaban J connectivity index is 2.70. The van der Waals surface area contributed by atoms with Gasteiger partial charge in [-0.25, -0.2) is 0 Å². The molecular formula is C7H9Cl3O. The van der Waals surface area contributed by atoms with Crippen LogP contribution in [0.15, 0.2) is 0 Å². The van der Waals surface area contributed by atoms with E-state index in [1.807, 2.05) is 6.92 Å². The van der Waals surface area contributed by atoms with Gasteiger partial charge in [-0.2, -0.15) is 0 Å². The third-order valence-corrected chi connectivity index (χ3v) is 3.67. The zero-order valence-corrected chi connectivity index (χ0v) is 8.33. The van der Waals surface area contributed by atoms with E-state index >= 15 is 0 Å². The number of rotatable bonds is 0. The van der Waals surface area contributed by atoms with Crippen LogP contribution in [0.5, 0.6) is 0 Å². The van der Waals surface area contributed by atoms with E-state index < -0.39 is 10.8 Å². The van der Waals surface area contributed by atoms with Crippen molar-refractivity contribution in [3.05, 3.63) is 0 Å². The Morgan fingerprint density at radius 3 is 2.45 bits per heavy atom. The van der Waals surface area contributed by atoms with Gasteiger partial charge in [0.25, 0.3) is 0 Å². The van der Waals surface area contributed by atoms with Crippen LogP contribution in [-0.4, -0.2) is 21.9 Å². The van der Waals surface area contributed by atoms with Gasteiger partial charge in [0.05, 0.1) is 10.8 Å². The standard InChI is InChI=1S/C7H9Cl3O/c1-3-2-4(8)7(11)6(10)5(3)9/h3-6H,2H2,1H3/t3-,4+,5+,6+/m1/s1. The smallest absolute Gasteiger partial charge is 0.169 e. The van der Waals surface area contributed by atoms with Crippen LogP contribution in [-0.2, 0) is 4.79 Å². The molecule has 4 heteroatoms. The van der Waals surface area contributed by atoms with Crippen LogP contribution >= 0.6 is 34.8 Å². The van der Waals surface area contributed by atoms with Gasteiger partial charge in [0, 0.05) is 0 Å². The lowest BCUT2D eigenvalue weighted by Gasteiger charge is -2.29. The highest BCUT2D eigenvalue weighted by Gasteiger charge is 2.39. The highest BCUT2D eigenvalue weighted by molar-refractivity contribution is 6.44. The summed E-state index contributed by atoms with van der Waals surface area (Å²) in [6.45, 7) is 1.95. The molecule has 0 saturated heterocycles. The second-order valence-electron chi connectivity index (χ2n) is 2.93. The molecule has 0 amide bonds. The summed E-state index contributed by atoms with van der Waals surface area (Å²) in [7, 11) is 0. The van der Waals surface area contributed by atoms with Crippen LogP contribution in [0.2, 0.25) is 0 Å². The minimum Gasteiger partial charge on any atom is -0.296 e. The van der Waals surface area contributed by atoms with E-state index in [1.54, 1.807) is 0 Å². The topological polar surface area (TPSA) is 17.1 Å².